The van der Waals surface area contributed by atoms with Gasteiger partial charge in [-0.1, -0.05) is 24.3 Å². The van der Waals surface area contributed by atoms with Gasteiger partial charge >= 0.3 is 5.97 Å². The van der Waals surface area contributed by atoms with Crippen molar-refractivity contribution in [3.63, 3.8) is 0 Å². The van der Waals surface area contributed by atoms with Gasteiger partial charge in [0, 0.05) is 18.5 Å². The molecule has 0 bridgehead atoms. The average Bonchev–Trinajstić information content (AvgIpc) is 3.02. The van der Waals surface area contributed by atoms with E-state index in [0.717, 1.165) is 12.1 Å². The molecule has 6 nitrogen and oxygen atoms in total. The summed E-state index contributed by atoms with van der Waals surface area (Å²) in [5.74, 6) is -4.14. The molecule has 0 unspecified atom stereocenters. The van der Waals surface area contributed by atoms with Gasteiger partial charge < -0.3 is 15.4 Å². The van der Waals surface area contributed by atoms with Crippen LogP contribution in [-0.4, -0.2) is 24.3 Å². The van der Waals surface area contributed by atoms with Crippen molar-refractivity contribution in [2.24, 2.45) is 11.7 Å². The lowest BCUT2D eigenvalue weighted by atomic mass is 10.1. The number of primary amides is 1. The number of esters is 1. The third kappa shape index (κ3) is 3.94. The fourth-order valence-corrected chi connectivity index (χ4v) is 2.91. The largest absolute Gasteiger partial charge is 0.447 e. The topological polar surface area (TPSA) is 89.7 Å². The van der Waals surface area contributed by atoms with Crippen molar-refractivity contribution in [2.75, 3.05) is 11.4 Å². The van der Waals surface area contributed by atoms with Crippen LogP contribution < -0.4 is 10.6 Å². The molecule has 1 fully saturated rings. The molecular formula is C19H16F2N2O4. The molecule has 8 heteroatoms. The number of nitrogens with zero attached hydrogens (tertiary/aromatic N) is 1. The van der Waals surface area contributed by atoms with E-state index < -0.39 is 41.4 Å². The summed E-state index contributed by atoms with van der Waals surface area (Å²) in [4.78, 5) is 37.4. The van der Waals surface area contributed by atoms with Crippen LogP contribution in [0.4, 0.5) is 14.5 Å². The molecular weight excluding hydrogens is 358 g/mol. The first-order valence-electron chi connectivity index (χ1n) is 8.17. The Morgan fingerprint density at radius 1 is 1.11 bits per heavy atom. The molecule has 3 rings (SSSR count). The van der Waals surface area contributed by atoms with Gasteiger partial charge in [-0.3, -0.25) is 14.4 Å². The van der Waals surface area contributed by atoms with Crippen LogP contribution in [0.1, 0.15) is 18.1 Å². The molecule has 2 atom stereocenters. The fraction of sp³-hybridized carbons (Fsp3) is 0.211. The molecule has 0 radical (unpaired) electrons. The van der Waals surface area contributed by atoms with Gasteiger partial charge in [-0.25, -0.2) is 8.78 Å². The van der Waals surface area contributed by atoms with E-state index >= 15 is 0 Å². The van der Waals surface area contributed by atoms with Crippen LogP contribution in [0.15, 0.2) is 48.5 Å². The monoisotopic (exact) mass is 374 g/mol. The van der Waals surface area contributed by atoms with E-state index in [4.69, 9.17) is 10.5 Å². The number of amides is 2. The zero-order valence-corrected chi connectivity index (χ0v) is 14.1. The SMILES string of the molecule is NC(=O)[C@@H](OC(=O)[C@H]1CC(=O)N(c2ccccc2F)C1)c1ccc(F)cc1. The van der Waals surface area contributed by atoms with Gasteiger partial charge in [0.1, 0.15) is 11.6 Å². The normalized spacial score (nSPS) is 17.6. The second-order valence-corrected chi connectivity index (χ2v) is 6.13. The standard InChI is InChI=1S/C19H16F2N2O4/c20-13-7-5-11(6-8-13)17(18(22)25)27-19(26)12-9-16(24)23(10-12)15-4-2-1-3-14(15)21/h1-8,12,17H,9-10H2,(H2,22,25)/t12-,17-/m0/s1. The maximum atomic E-state index is 13.9. The number of carbonyl (C=O) groups is 3. The lowest BCUT2D eigenvalue weighted by Gasteiger charge is -2.19. The number of ether oxygens (including phenoxy) is 1. The van der Waals surface area contributed by atoms with Crippen molar-refractivity contribution >= 4 is 23.5 Å². The van der Waals surface area contributed by atoms with Gasteiger partial charge in [0.05, 0.1) is 11.6 Å². The summed E-state index contributed by atoms with van der Waals surface area (Å²) < 4.78 is 32.1. The molecule has 2 aromatic carbocycles. The van der Waals surface area contributed by atoms with E-state index in [-0.39, 0.29) is 24.2 Å². The molecule has 1 aliphatic heterocycles. The molecule has 27 heavy (non-hydrogen) atoms. The van der Waals surface area contributed by atoms with Crippen molar-refractivity contribution < 1.29 is 27.9 Å². The zero-order valence-electron chi connectivity index (χ0n) is 14.1. The van der Waals surface area contributed by atoms with Crippen molar-refractivity contribution in [3.05, 3.63) is 65.7 Å². The van der Waals surface area contributed by atoms with Gasteiger partial charge in [0.2, 0.25) is 12.0 Å². The second-order valence-electron chi connectivity index (χ2n) is 6.13. The summed E-state index contributed by atoms with van der Waals surface area (Å²) in [5, 5.41) is 0. The van der Waals surface area contributed by atoms with Gasteiger partial charge in [0.25, 0.3) is 5.91 Å². The summed E-state index contributed by atoms with van der Waals surface area (Å²) in [5.41, 5.74) is 5.57. The molecule has 2 N–H and O–H groups in total. The number of halogens is 2. The predicted molar refractivity (Wildman–Crippen MR) is 91.3 cm³/mol. The number of para-hydroxylation sites is 1. The Morgan fingerprint density at radius 3 is 2.41 bits per heavy atom. The highest BCUT2D eigenvalue weighted by Crippen LogP contribution is 2.29. The van der Waals surface area contributed by atoms with Crippen molar-refractivity contribution in [1.82, 2.24) is 0 Å². The summed E-state index contributed by atoms with van der Waals surface area (Å²) in [6.45, 7) is -0.0759. The van der Waals surface area contributed by atoms with Crippen LogP contribution in [0.2, 0.25) is 0 Å². The van der Waals surface area contributed by atoms with E-state index in [1.54, 1.807) is 6.07 Å². The Kier molecular flexibility index (Phi) is 5.16. The molecule has 0 aliphatic carbocycles. The van der Waals surface area contributed by atoms with Crippen LogP contribution in [0.5, 0.6) is 0 Å². The first-order chi connectivity index (χ1) is 12.9. The van der Waals surface area contributed by atoms with E-state index in [1.807, 2.05) is 0 Å². The van der Waals surface area contributed by atoms with Crippen molar-refractivity contribution in [2.45, 2.75) is 12.5 Å². The summed E-state index contributed by atoms with van der Waals surface area (Å²) >= 11 is 0. The Labute approximate surface area is 153 Å². The lowest BCUT2D eigenvalue weighted by molar-refractivity contribution is -0.159. The Balaban J connectivity index is 1.74. The number of benzene rings is 2. The van der Waals surface area contributed by atoms with Gasteiger partial charge in [-0.2, -0.15) is 0 Å². The van der Waals surface area contributed by atoms with Crippen LogP contribution in [0, 0.1) is 17.6 Å². The zero-order chi connectivity index (χ0) is 19.6. The number of hydrogen-bond acceptors (Lipinski definition) is 4. The van der Waals surface area contributed by atoms with E-state index in [9.17, 15) is 23.2 Å². The predicted octanol–water partition coefficient (Wildman–Crippen LogP) is 2.09. The van der Waals surface area contributed by atoms with Crippen molar-refractivity contribution in [3.8, 4) is 0 Å². The van der Waals surface area contributed by atoms with Crippen LogP contribution in [0.25, 0.3) is 0 Å². The number of anilines is 1. The van der Waals surface area contributed by atoms with E-state index in [1.165, 1.54) is 35.2 Å². The fourth-order valence-electron chi connectivity index (χ4n) is 2.91. The molecule has 0 saturated carbocycles. The molecule has 2 aromatic rings. The Bertz CT molecular complexity index is 886. The van der Waals surface area contributed by atoms with E-state index in [2.05, 4.69) is 0 Å². The molecule has 1 saturated heterocycles. The first-order valence-corrected chi connectivity index (χ1v) is 8.17. The lowest BCUT2D eigenvalue weighted by Crippen LogP contribution is -2.31. The Morgan fingerprint density at radius 2 is 1.78 bits per heavy atom. The maximum Gasteiger partial charge on any atom is 0.312 e. The van der Waals surface area contributed by atoms with Gasteiger partial charge in [-0.05, 0) is 24.3 Å². The molecule has 0 aromatic heterocycles. The molecule has 0 spiro atoms. The quantitative estimate of drug-likeness (QED) is 0.812. The number of nitrogens with two attached hydrogens (primary N) is 1. The number of carbonyl (C=O) groups excluding carboxylic acids is 3. The molecule has 140 valence electrons. The third-order valence-corrected chi connectivity index (χ3v) is 4.27. The third-order valence-electron chi connectivity index (χ3n) is 4.27. The number of hydrogen-bond donors (Lipinski definition) is 1. The van der Waals surface area contributed by atoms with E-state index in [0.29, 0.717) is 0 Å². The van der Waals surface area contributed by atoms with Crippen LogP contribution in [-0.2, 0) is 19.1 Å². The molecule has 1 aliphatic rings. The minimum Gasteiger partial charge on any atom is -0.447 e. The van der Waals surface area contributed by atoms with Crippen molar-refractivity contribution in [1.29, 1.82) is 0 Å². The molecule has 1 heterocycles. The second kappa shape index (κ2) is 7.53. The average molecular weight is 374 g/mol. The highest BCUT2D eigenvalue weighted by molar-refractivity contribution is 5.99. The maximum absolute atomic E-state index is 13.9. The smallest absolute Gasteiger partial charge is 0.312 e. The number of rotatable bonds is 5. The summed E-state index contributed by atoms with van der Waals surface area (Å²) in [6.07, 6.45) is -1.59. The summed E-state index contributed by atoms with van der Waals surface area (Å²) in [7, 11) is 0. The minimum absolute atomic E-state index is 0.0720. The first kappa shape index (κ1) is 18.5. The van der Waals surface area contributed by atoms with Gasteiger partial charge in [0.15, 0.2) is 0 Å². The molecule has 2 amide bonds. The minimum atomic E-state index is -1.41. The highest BCUT2D eigenvalue weighted by Gasteiger charge is 2.38. The van der Waals surface area contributed by atoms with Crippen LogP contribution >= 0.6 is 0 Å². The summed E-state index contributed by atoms with van der Waals surface area (Å²) in [6, 6.07) is 10.5. The highest BCUT2D eigenvalue weighted by atomic mass is 19.1. The van der Waals surface area contributed by atoms with Crippen LogP contribution in [0.3, 0.4) is 0 Å². The Hall–Kier alpha value is -3.29. The van der Waals surface area contributed by atoms with Gasteiger partial charge in [-0.15, -0.1) is 0 Å².